The second-order valence-corrected chi connectivity index (χ2v) is 5.91. The van der Waals surface area contributed by atoms with Gasteiger partial charge in [-0.15, -0.1) is 0 Å². The fraction of sp³-hybridized carbons (Fsp3) is 0.778. The molecule has 0 atom stereocenters. The summed E-state index contributed by atoms with van der Waals surface area (Å²) in [6.07, 6.45) is 12.6. The zero-order chi connectivity index (χ0) is 14.8. The van der Waals surface area contributed by atoms with Crippen LogP contribution in [0.5, 0.6) is 0 Å². The first kappa shape index (κ1) is 17.1. The van der Waals surface area contributed by atoms with Crippen molar-refractivity contribution in [3.8, 4) is 0 Å². The average Bonchev–Trinajstić information content (AvgIpc) is 2.44. The minimum Gasteiger partial charge on any atom is -0.254 e. The summed E-state index contributed by atoms with van der Waals surface area (Å²) in [7, 11) is 0. The summed E-state index contributed by atoms with van der Waals surface area (Å²) in [5, 5.41) is 0. The van der Waals surface area contributed by atoms with E-state index >= 15 is 0 Å². The minimum atomic E-state index is 1.09. The van der Waals surface area contributed by atoms with Crippen molar-refractivity contribution >= 4 is 0 Å². The van der Waals surface area contributed by atoms with E-state index in [1.807, 2.05) is 0 Å². The fourth-order valence-electron chi connectivity index (χ4n) is 2.61. The largest absolute Gasteiger partial charge is 0.254 e. The Labute approximate surface area is 125 Å². The molecule has 2 nitrogen and oxygen atoms in total. The molecule has 0 saturated carbocycles. The summed E-state index contributed by atoms with van der Waals surface area (Å²) in [5.41, 5.74) is 4.74. The third kappa shape index (κ3) is 6.02. The zero-order valence-electron chi connectivity index (χ0n) is 14.0. The van der Waals surface area contributed by atoms with Crippen LogP contribution in [0.1, 0.15) is 88.0 Å². The summed E-state index contributed by atoms with van der Waals surface area (Å²) in [6.45, 7) is 8.75. The Bertz CT molecular complexity index is 347. The third-order valence-corrected chi connectivity index (χ3v) is 3.97. The van der Waals surface area contributed by atoms with E-state index in [1.165, 1.54) is 62.8 Å². The van der Waals surface area contributed by atoms with Crippen molar-refractivity contribution in [3.63, 3.8) is 0 Å². The first-order valence-corrected chi connectivity index (χ1v) is 8.52. The molecule has 20 heavy (non-hydrogen) atoms. The van der Waals surface area contributed by atoms with E-state index in [0.717, 1.165) is 24.2 Å². The Morgan fingerprint density at radius 3 is 1.35 bits per heavy atom. The molecular weight excluding hydrogens is 244 g/mol. The summed E-state index contributed by atoms with van der Waals surface area (Å²) in [6, 6.07) is 0. The molecule has 2 heteroatoms. The topological polar surface area (TPSA) is 25.8 Å². The minimum absolute atomic E-state index is 1.09. The van der Waals surface area contributed by atoms with Gasteiger partial charge in [0.05, 0.1) is 22.8 Å². The van der Waals surface area contributed by atoms with E-state index in [-0.39, 0.29) is 0 Å². The lowest BCUT2D eigenvalue weighted by Crippen LogP contribution is -2.06. The van der Waals surface area contributed by atoms with Gasteiger partial charge in [-0.1, -0.05) is 52.4 Å². The highest BCUT2D eigenvalue weighted by Crippen LogP contribution is 2.14. The molecular formula is C18H32N2. The average molecular weight is 276 g/mol. The lowest BCUT2D eigenvalue weighted by Gasteiger charge is -2.10. The maximum absolute atomic E-state index is 4.81. The Morgan fingerprint density at radius 1 is 0.600 bits per heavy atom. The normalized spacial score (nSPS) is 11.0. The molecule has 0 saturated heterocycles. The first-order valence-electron chi connectivity index (χ1n) is 8.52. The Morgan fingerprint density at radius 2 is 1.00 bits per heavy atom. The van der Waals surface area contributed by atoms with Crippen molar-refractivity contribution in [1.29, 1.82) is 0 Å². The maximum Gasteiger partial charge on any atom is 0.0619 e. The van der Waals surface area contributed by atoms with E-state index in [9.17, 15) is 0 Å². The van der Waals surface area contributed by atoms with E-state index in [4.69, 9.17) is 9.97 Å². The number of unbranched alkanes of at least 4 members (excludes halogenated alkanes) is 6. The molecule has 0 unspecified atom stereocenters. The van der Waals surface area contributed by atoms with Gasteiger partial charge in [0.2, 0.25) is 0 Å². The Balaban J connectivity index is 2.52. The molecule has 0 fully saturated rings. The highest BCUT2D eigenvalue weighted by molar-refractivity contribution is 5.19. The molecule has 1 heterocycles. The van der Waals surface area contributed by atoms with Gasteiger partial charge in [-0.05, 0) is 39.5 Å². The van der Waals surface area contributed by atoms with Crippen LogP contribution in [0, 0.1) is 13.8 Å². The summed E-state index contributed by atoms with van der Waals surface area (Å²) < 4.78 is 0. The molecule has 0 aromatic carbocycles. The summed E-state index contributed by atoms with van der Waals surface area (Å²) >= 11 is 0. The van der Waals surface area contributed by atoms with Gasteiger partial charge in [0, 0.05) is 0 Å². The molecule has 0 aliphatic heterocycles. The maximum atomic E-state index is 4.81. The van der Waals surface area contributed by atoms with Crippen molar-refractivity contribution in [3.05, 3.63) is 22.8 Å². The van der Waals surface area contributed by atoms with Crippen molar-refractivity contribution in [2.75, 3.05) is 0 Å². The van der Waals surface area contributed by atoms with Crippen LogP contribution in [-0.2, 0) is 12.8 Å². The van der Waals surface area contributed by atoms with E-state index < -0.39 is 0 Å². The van der Waals surface area contributed by atoms with Gasteiger partial charge in [-0.25, -0.2) is 0 Å². The van der Waals surface area contributed by atoms with E-state index in [2.05, 4.69) is 27.7 Å². The number of nitrogens with zero attached hydrogens (tertiary/aromatic N) is 2. The van der Waals surface area contributed by atoms with Crippen molar-refractivity contribution < 1.29 is 0 Å². The fourth-order valence-corrected chi connectivity index (χ4v) is 2.61. The molecule has 1 aromatic rings. The third-order valence-electron chi connectivity index (χ3n) is 3.97. The van der Waals surface area contributed by atoms with E-state index in [0.29, 0.717) is 0 Å². The Kier molecular flexibility index (Phi) is 8.48. The van der Waals surface area contributed by atoms with Crippen LogP contribution < -0.4 is 0 Å². The highest BCUT2D eigenvalue weighted by Gasteiger charge is 2.08. The zero-order valence-corrected chi connectivity index (χ0v) is 14.0. The van der Waals surface area contributed by atoms with Crippen LogP contribution in [0.15, 0.2) is 0 Å². The molecule has 0 radical (unpaired) electrons. The first-order chi connectivity index (χ1) is 9.69. The highest BCUT2D eigenvalue weighted by atomic mass is 14.8. The predicted molar refractivity (Wildman–Crippen MR) is 87.2 cm³/mol. The molecule has 1 aromatic heterocycles. The van der Waals surface area contributed by atoms with Crippen molar-refractivity contribution in [1.82, 2.24) is 9.97 Å². The molecule has 0 N–H and O–H groups in total. The molecule has 114 valence electrons. The summed E-state index contributed by atoms with van der Waals surface area (Å²) in [4.78, 5) is 9.61. The smallest absolute Gasteiger partial charge is 0.0619 e. The molecule has 0 aliphatic rings. The number of rotatable bonds is 10. The number of hydrogen-bond donors (Lipinski definition) is 0. The van der Waals surface area contributed by atoms with Crippen LogP contribution in [-0.4, -0.2) is 9.97 Å². The Hall–Kier alpha value is -0.920. The van der Waals surface area contributed by atoms with Gasteiger partial charge >= 0.3 is 0 Å². The lowest BCUT2D eigenvalue weighted by atomic mass is 10.1. The van der Waals surface area contributed by atoms with Gasteiger partial charge in [0.1, 0.15) is 0 Å². The molecule has 0 amide bonds. The van der Waals surface area contributed by atoms with Crippen LogP contribution >= 0.6 is 0 Å². The monoisotopic (exact) mass is 276 g/mol. The van der Waals surface area contributed by atoms with E-state index in [1.54, 1.807) is 0 Å². The predicted octanol–water partition coefficient (Wildman–Crippen LogP) is 5.34. The quantitative estimate of drug-likeness (QED) is 0.539. The molecule has 0 aliphatic carbocycles. The van der Waals surface area contributed by atoms with Gasteiger partial charge in [-0.3, -0.25) is 9.97 Å². The SMILES string of the molecule is CCCCCCc1nc(C)c(CCCCCC)nc1C. The van der Waals surface area contributed by atoms with Crippen LogP contribution in [0.2, 0.25) is 0 Å². The van der Waals surface area contributed by atoms with Crippen LogP contribution in [0.25, 0.3) is 0 Å². The van der Waals surface area contributed by atoms with Gasteiger partial charge in [0.15, 0.2) is 0 Å². The molecule has 0 bridgehead atoms. The van der Waals surface area contributed by atoms with Gasteiger partial charge < -0.3 is 0 Å². The van der Waals surface area contributed by atoms with Gasteiger partial charge in [-0.2, -0.15) is 0 Å². The van der Waals surface area contributed by atoms with Crippen LogP contribution in [0.3, 0.4) is 0 Å². The van der Waals surface area contributed by atoms with Crippen molar-refractivity contribution in [2.24, 2.45) is 0 Å². The number of hydrogen-bond acceptors (Lipinski definition) is 2. The van der Waals surface area contributed by atoms with Crippen molar-refractivity contribution in [2.45, 2.75) is 91.9 Å². The lowest BCUT2D eigenvalue weighted by molar-refractivity contribution is 0.643. The molecule has 0 spiro atoms. The number of aryl methyl sites for hydroxylation is 4. The van der Waals surface area contributed by atoms with Crippen LogP contribution in [0.4, 0.5) is 0 Å². The standard InChI is InChI=1S/C18H32N2/c1-5-7-9-11-13-17-15(3)20-18(16(4)19-17)14-12-10-8-6-2/h5-14H2,1-4H3. The second kappa shape index (κ2) is 9.90. The van der Waals surface area contributed by atoms with Gasteiger partial charge in [0.25, 0.3) is 0 Å². The second-order valence-electron chi connectivity index (χ2n) is 5.91. The molecule has 1 rings (SSSR count). The number of aromatic nitrogens is 2. The summed E-state index contributed by atoms with van der Waals surface area (Å²) in [5.74, 6) is 0.